The Morgan fingerprint density at radius 1 is 1.25 bits per heavy atom. The van der Waals surface area contributed by atoms with Crippen molar-refractivity contribution in [1.29, 1.82) is 0 Å². The van der Waals surface area contributed by atoms with Crippen LogP contribution in [0.2, 0.25) is 0 Å². The zero-order valence-electron chi connectivity index (χ0n) is 13.2. The van der Waals surface area contributed by atoms with Crippen LogP contribution in [0.5, 0.6) is 0 Å². The topological polar surface area (TPSA) is 29.3 Å². The van der Waals surface area contributed by atoms with Crippen LogP contribution in [0.25, 0.3) is 0 Å². The van der Waals surface area contributed by atoms with Crippen LogP contribution >= 0.6 is 12.2 Å². The number of hydrogen-bond donors (Lipinski definition) is 1. The Morgan fingerprint density at radius 3 is 2.35 bits per heavy atom. The maximum atomic E-state index is 5.79. The van der Waals surface area contributed by atoms with Gasteiger partial charge in [0.05, 0.1) is 4.99 Å². The molecule has 0 saturated carbocycles. The quantitative estimate of drug-likeness (QED) is 0.735. The molecule has 0 aliphatic heterocycles. The number of thiocarbonyl (C=S) groups is 1. The van der Waals surface area contributed by atoms with Crippen LogP contribution in [-0.4, -0.2) is 22.5 Å². The van der Waals surface area contributed by atoms with Gasteiger partial charge in [0.1, 0.15) is 0 Å². The number of nitrogens with two attached hydrogens (primary N) is 1. The summed E-state index contributed by atoms with van der Waals surface area (Å²) >= 11 is 5.13. The van der Waals surface area contributed by atoms with Gasteiger partial charge in [-0.1, -0.05) is 56.4 Å². The fraction of sp³-hybridized carbons (Fsp3) is 0.588. The van der Waals surface area contributed by atoms with Crippen molar-refractivity contribution in [3.05, 3.63) is 35.9 Å². The molecular weight excluding hydrogens is 264 g/mol. The molecule has 0 bridgehead atoms. The summed E-state index contributed by atoms with van der Waals surface area (Å²) in [6.07, 6.45) is 2.16. The lowest BCUT2D eigenvalue weighted by Crippen LogP contribution is -2.34. The van der Waals surface area contributed by atoms with Crippen LogP contribution < -0.4 is 5.73 Å². The predicted octanol–water partition coefficient (Wildman–Crippen LogP) is 3.99. The largest absolute Gasteiger partial charge is 0.393 e. The van der Waals surface area contributed by atoms with E-state index in [-0.39, 0.29) is 5.41 Å². The van der Waals surface area contributed by atoms with E-state index in [0.29, 0.717) is 11.0 Å². The highest BCUT2D eigenvalue weighted by Crippen LogP contribution is 2.23. The van der Waals surface area contributed by atoms with Gasteiger partial charge in [0.2, 0.25) is 0 Å². The molecule has 0 radical (unpaired) electrons. The second-order valence-electron chi connectivity index (χ2n) is 6.40. The molecule has 1 aromatic rings. The highest BCUT2D eigenvalue weighted by molar-refractivity contribution is 7.80. The summed E-state index contributed by atoms with van der Waals surface area (Å²) in [6.45, 7) is 10.9. The third-order valence-electron chi connectivity index (χ3n) is 3.87. The van der Waals surface area contributed by atoms with E-state index in [0.717, 1.165) is 25.9 Å². The molecular formula is C17H28N2S. The van der Waals surface area contributed by atoms with Crippen molar-refractivity contribution < 1.29 is 0 Å². The Morgan fingerprint density at radius 2 is 1.85 bits per heavy atom. The van der Waals surface area contributed by atoms with Gasteiger partial charge in [-0.15, -0.1) is 0 Å². The minimum Gasteiger partial charge on any atom is -0.393 e. The molecule has 2 N–H and O–H groups in total. The van der Waals surface area contributed by atoms with E-state index in [1.165, 1.54) is 5.56 Å². The summed E-state index contributed by atoms with van der Waals surface area (Å²) in [6, 6.07) is 11.2. The minimum absolute atomic E-state index is 0.0370. The van der Waals surface area contributed by atoms with Crippen LogP contribution in [-0.2, 0) is 6.54 Å². The lowest BCUT2D eigenvalue weighted by molar-refractivity contribution is 0.202. The first-order valence-corrected chi connectivity index (χ1v) is 7.81. The van der Waals surface area contributed by atoms with Gasteiger partial charge in [0.15, 0.2) is 0 Å². The van der Waals surface area contributed by atoms with Crippen LogP contribution in [0.3, 0.4) is 0 Å². The highest BCUT2D eigenvalue weighted by atomic mass is 32.1. The minimum atomic E-state index is -0.0370. The number of nitrogens with zero attached hydrogens (tertiary/aromatic N) is 1. The molecule has 1 rings (SSSR count). The molecule has 0 saturated heterocycles. The van der Waals surface area contributed by atoms with Gasteiger partial charge in [-0.05, 0) is 38.8 Å². The standard InChI is InChI=1S/C17H28N2S/c1-14(2)19(13-15-9-6-5-7-10-15)12-8-11-17(3,4)16(18)20/h5-7,9-10,14H,8,11-13H2,1-4H3,(H2,18,20). The first kappa shape index (κ1) is 17.1. The third-order valence-corrected chi connectivity index (χ3v) is 4.43. The Bertz CT molecular complexity index is 412. The normalized spacial score (nSPS) is 12.1. The number of benzene rings is 1. The number of hydrogen-bond acceptors (Lipinski definition) is 2. The molecule has 0 heterocycles. The lowest BCUT2D eigenvalue weighted by atomic mass is 9.88. The van der Waals surface area contributed by atoms with E-state index in [1.807, 2.05) is 0 Å². The second-order valence-corrected chi connectivity index (χ2v) is 6.84. The molecule has 0 fully saturated rings. The maximum Gasteiger partial charge on any atom is 0.0784 e. The molecule has 20 heavy (non-hydrogen) atoms. The molecule has 3 heteroatoms. The predicted molar refractivity (Wildman–Crippen MR) is 91.8 cm³/mol. The molecule has 0 aromatic heterocycles. The van der Waals surface area contributed by atoms with Crippen molar-refractivity contribution in [2.24, 2.45) is 11.1 Å². The summed E-state index contributed by atoms with van der Waals surface area (Å²) in [7, 11) is 0. The SMILES string of the molecule is CC(C)N(CCCC(C)(C)C(N)=S)Cc1ccccc1. The van der Waals surface area contributed by atoms with E-state index >= 15 is 0 Å². The summed E-state index contributed by atoms with van der Waals surface area (Å²) < 4.78 is 0. The third kappa shape index (κ3) is 5.59. The fourth-order valence-electron chi connectivity index (χ4n) is 2.19. The fourth-order valence-corrected chi connectivity index (χ4v) is 2.29. The second kappa shape index (κ2) is 7.75. The monoisotopic (exact) mass is 292 g/mol. The van der Waals surface area contributed by atoms with Gasteiger partial charge in [-0.3, -0.25) is 4.90 Å². The van der Waals surface area contributed by atoms with E-state index in [1.54, 1.807) is 0 Å². The zero-order valence-corrected chi connectivity index (χ0v) is 14.0. The van der Waals surface area contributed by atoms with E-state index in [2.05, 4.69) is 62.9 Å². The first-order chi connectivity index (χ1) is 9.33. The van der Waals surface area contributed by atoms with Crippen LogP contribution in [0.4, 0.5) is 0 Å². The summed E-state index contributed by atoms with van der Waals surface area (Å²) in [5.41, 5.74) is 7.12. The van der Waals surface area contributed by atoms with Crippen LogP contribution in [0.1, 0.15) is 46.1 Å². The molecule has 0 spiro atoms. The molecule has 0 aliphatic carbocycles. The molecule has 2 nitrogen and oxygen atoms in total. The van der Waals surface area contributed by atoms with Gasteiger partial charge in [-0.2, -0.15) is 0 Å². The molecule has 112 valence electrons. The molecule has 0 atom stereocenters. The van der Waals surface area contributed by atoms with Crippen molar-refractivity contribution in [3.8, 4) is 0 Å². The molecule has 0 amide bonds. The Labute approximate surface area is 129 Å². The van der Waals surface area contributed by atoms with E-state index in [4.69, 9.17) is 18.0 Å². The summed E-state index contributed by atoms with van der Waals surface area (Å²) in [5, 5.41) is 0. The molecule has 1 aromatic carbocycles. The van der Waals surface area contributed by atoms with E-state index < -0.39 is 0 Å². The van der Waals surface area contributed by atoms with Crippen molar-refractivity contribution >= 4 is 17.2 Å². The van der Waals surface area contributed by atoms with Gasteiger partial charge in [0, 0.05) is 18.0 Å². The zero-order chi connectivity index (χ0) is 15.2. The average Bonchev–Trinajstić information content (AvgIpc) is 2.38. The maximum absolute atomic E-state index is 5.79. The van der Waals surface area contributed by atoms with Gasteiger partial charge >= 0.3 is 0 Å². The Hall–Kier alpha value is -0.930. The van der Waals surface area contributed by atoms with E-state index in [9.17, 15) is 0 Å². The Balaban J connectivity index is 2.50. The average molecular weight is 292 g/mol. The van der Waals surface area contributed by atoms with Crippen molar-refractivity contribution in [2.45, 2.75) is 53.1 Å². The Kier molecular flexibility index (Phi) is 6.63. The first-order valence-electron chi connectivity index (χ1n) is 7.41. The number of rotatable bonds is 8. The van der Waals surface area contributed by atoms with Crippen molar-refractivity contribution in [1.82, 2.24) is 4.90 Å². The summed E-state index contributed by atoms with van der Waals surface area (Å²) in [5.74, 6) is 0. The van der Waals surface area contributed by atoms with Gasteiger partial charge in [0.25, 0.3) is 0 Å². The van der Waals surface area contributed by atoms with Crippen molar-refractivity contribution in [2.75, 3.05) is 6.54 Å². The molecule has 0 unspecified atom stereocenters. The lowest BCUT2D eigenvalue weighted by Gasteiger charge is -2.29. The van der Waals surface area contributed by atoms with Crippen LogP contribution in [0, 0.1) is 5.41 Å². The van der Waals surface area contributed by atoms with Gasteiger partial charge in [-0.25, -0.2) is 0 Å². The smallest absolute Gasteiger partial charge is 0.0784 e. The van der Waals surface area contributed by atoms with Crippen LogP contribution in [0.15, 0.2) is 30.3 Å². The summed E-state index contributed by atoms with van der Waals surface area (Å²) in [4.78, 5) is 3.13. The van der Waals surface area contributed by atoms with Gasteiger partial charge < -0.3 is 5.73 Å². The molecule has 0 aliphatic rings. The highest BCUT2D eigenvalue weighted by Gasteiger charge is 2.21. The van der Waals surface area contributed by atoms with Crippen molar-refractivity contribution in [3.63, 3.8) is 0 Å².